The van der Waals surface area contributed by atoms with E-state index in [2.05, 4.69) is 18.0 Å². The van der Waals surface area contributed by atoms with Crippen molar-refractivity contribution < 1.29 is 14.9 Å². The average Bonchev–Trinajstić information content (AvgIpc) is 2.46. The molecule has 4 heteroatoms. The fraction of sp³-hybridized carbons (Fsp3) is 0.667. The van der Waals surface area contributed by atoms with E-state index in [1.165, 1.54) is 5.56 Å². The number of nitrogens with zero attached hydrogens (tertiary/aromatic N) is 1. The van der Waals surface area contributed by atoms with Gasteiger partial charge in [0.15, 0.2) is 11.5 Å². The van der Waals surface area contributed by atoms with Crippen LogP contribution in [0.25, 0.3) is 0 Å². The molecule has 1 aliphatic carbocycles. The third-order valence-electron chi connectivity index (χ3n) is 5.38. The number of likely N-dealkylation sites (N-methyl/N-ethyl adjacent to an activating group) is 1. The van der Waals surface area contributed by atoms with Crippen LogP contribution in [0.3, 0.4) is 0 Å². The van der Waals surface area contributed by atoms with Gasteiger partial charge < -0.3 is 19.8 Å². The number of ether oxygens (including phenoxy) is 1. The first-order valence-electron chi connectivity index (χ1n) is 8.26. The Labute approximate surface area is 132 Å². The van der Waals surface area contributed by atoms with Crippen molar-refractivity contribution in [3.05, 3.63) is 23.3 Å². The highest BCUT2D eigenvalue weighted by molar-refractivity contribution is 5.54. The lowest BCUT2D eigenvalue weighted by atomic mass is 9.63. The molecule has 1 aromatic carbocycles. The van der Waals surface area contributed by atoms with E-state index in [-0.39, 0.29) is 11.2 Å². The third kappa shape index (κ3) is 2.59. The van der Waals surface area contributed by atoms with Crippen LogP contribution in [0.15, 0.2) is 12.1 Å². The van der Waals surface area contributed by atoms with Gasteiger partial charge in [-0.1, -0.05) is 6.07 Å². The van der Waals surface area contributed by atoms with Gasteiger partial charge in [-0.05, 0) is 58.2 Å². The van der Waals surface area contributed by atoms with Gasteiger partial charge >= 0.3 is 0 Å². The Morgan fingerprint density at radius 2 is 1.91 bits per heavy atom. The van der Waals surface area contributed by atoms with Crippen LogP contribution in [0, 0.1) is 0 Å². The van der Waals surface area contributed by atoms with Crippen LogP contribution in [-0.4, -0.2) is 40.9 Å². The smallest absolute Gasteiger partial charge is 0.165 e. The van der Waals surface area contributed by atoms with E-state index in [9.17, 15) is 10.2 Å². The van der Waals surface area contributed by atoms with E-state index in [1.54, 1.807) is 6.07 Å². The molecule has 1 heterocycles. The molecule has 0 radical (unpaired) electrons. The number of hydrogen-bond acceptors (Lipinski definition) is 4. The van der Waals surface area contributed by atoms with Gasteiger partial charge in [0, 0.05) is 24.1 Å². The van der Waals surface area contributed by atoms with Crippen LogP contribution in [0.1, 0.15) is 50.7 Å². The number of benzene rings is 1. The maximum absolute atomic E-state index is 10.3. The molecule has 2 aliphatic rings. The van der Waals surface area contributed by atoms with Gasteiger partial charge in [-0.15, -0.1) is 0 Å². The van der Waals surface area contributed by atoms with E-state index in [4.69, 9.17) is 4.74 Å². The van der Waals surface area contributed by atoms with Crippen LogP contribution >= 0.6 is 0 Å². The maximum atomic E-state index is 10.3. The van der Waals surface area contributed by atoms with Crippen molar-refractivity contribution in [2.45, 2.75) is 57.1 Å². The molecule has 1 aliphatic heterocycles. The minimum atomic E-state index is -0.541. The van der Waals surface area contributed by atoms with Crippen molar-refractivity contribution in [2.75, 3.05) is 20.2 Å². The molecule has 3 rings (SSSR count). The Kier molecular flexibility index (Phi) is 3.86. The molecule has 0 atom stereocenters. The quantitative estimate of drug-likeness (QED) is 0.882. The van der Waals surface area contributed by atoms with Gasteiger partial charge in [0.2, 0.25) is 0 Å². The largest absolute Gasteiger partial charge is 0.504 e. The number of hydrogen-bond donors (Lipinski definition) is 2. The predicted octanol–water partition coefficient (Wildman–Crippen LogP) is 2.80. The van der Waals surface area contributed by atoms with Crippen molar-refractivity contribution >= 4 is 0 Å². The van der Waals surface area contributed by atoms with Gasteiger partial charge in [0.05, 0.1) is 12.2 Å². The molecule has 0 saturated heterocycles. The van der Waals surface area contributed by atoms with Crippen LogP contribution in [0.4, 0.5) is 0 Å². The van der Waals surface area contributed by atoms with Crippen LogP contribution in [0.2, 0.25) is 0 Å². The summed E-state index contributed by atoms with van der Waals surface area (Å²) in [6.45, 7) is 6.24. The zero-order valence-corrected chi connectivity index (χ0v) is 13.9. The lowest BCUT2D eigenvalue weighted by molar-refractivity contribution is -0.00893. The van der Waals surface area contributed by atoms with E-state index < -0.39 is 5.60 Å². The van der Waals surface area contributed by atoms with Gasteiger partial charge in [0.25, 0.3) is 0 Å². The van der Waals surface area contributed by atoms with Gasteiger partial charge in [-0.25, -0.2) is 0 Å². The molecule has 0 aromatic heterocycles. The number of rotatable bonds is 2. The SMILES string of the molecule is CCOc1c(O)ccc2c1CN(C)CC21CCC(C)(O)CC1. The molecule has 2 N–H and O–H groups in total. The Bertz CT molecular complexity index is 558. The van der Waals surface area contributed by atoms with E-state index in [0.717, 1.165) is 44.3 Å². The summed E-state index contributed by atoms with van der Waals surface area (Å²) in [4.78, 5) is 2.31. The molecule has 1 spiro atoms. The Hall–Kier alpha value is -1.26. The van der Waals surface area contributed by atoms with Crippen molar-refractivity contribution in [2.24, 2.45) is 0 Å². The number of aromatic hydroxyl groups is 1. The molecular weight excluding hydrogens is 278 g/mol. The molecular formula is C18H27NO3. The first-order valence-corrected chi connectivity index (χ1v) is 8.26. The zero-order chi connectivity index (χ0) is 16.0. The molecule has 22 heavy (non-hydrogen) atoms. The predicted molar refractivity (Wildman–Crippen MR) is 86.4 cm³/mol. The Morgan fingerprint density at radius 3 is 2.55 bits per heavy atom. The topological polar surface area (TPSA) is 52.9 Å². The second-order valence-corrected chi connectivity index (χ2v) is 7.32. The van der Waals surface area contributed by atoms with Crippen molar-refractivity contribution in [1.82, 2.24) is 4.90 Å². The Morgan fingerprint density at radius 1 is 1.23 bits per heavy atom. The molecule has 0 amide bonds. The molecule has 1 saturated carbocycles. The Balaban J connectivity index is 2.05. The summed E-state index contributed by atoms with van der Waals surface area (Å²) in [6.07, 6.45) is 3.61. The van der Waals surface area contributed by atoms with Gasteiger partial charge in [-0.3, -0.25) is 0 Å². The van der Waals surface area contributed by atoms with E-state index in [1.807, 2.05) is 13.8 Å². The molecule has 0 unspecified atom stereocenters. The van der Waals surface area contributed by atoms with Gasteiger partial charge in [-0.2, -0.15) is 0 Å². The number of phenols is 1. The zero-order valence-electron chi connectivity index (χ0n) is 13.9. The highest BCUT2D eigenvalue weighted by atomic mass is 16.5. The van der Waals surface area contributed by atoms with E-state index in [0.29, 0.717) is 12.4 Å². The number of fused-ring (bicyclic) bond motifs is 2. The fourth-order valence-corrected chi connectivity index (χ4v) is 4.20. The monoisotopic (exact) mass is 305 g/mol. The summed E-state index contributed by atoms with van der Waals surface area (Å²) in [5, 5.41) is 20.5. The normalized spacial score (nSPS) is 32.0. The third-order valence-corrected chi connectivity index (χ3v) is 5.38. The molecule has 0 bridgehead atoms. The second kappa shape index (κ2) is 5.43. The summed E-state index contributed by atoms with van der Waals surface area (Å²) >= 11 is 0. The minimum Gasteiger partial charge on any atom is -0.504 e. The maximum Gasteiger partial charge on any atom is 0.165 e. The molecule has 1 fully saturated rings. The van der Waals surface area contributed by atoms with Crippen molar-refractivity contribution in [1.29, 1.82) is 0 Å². The second-order valence-electron chi connectivity index (χ2n) is 7.32. The number of phenolic OH excluding ortho intramolecular Hbond substituents is 1. The fourth-order valence-electron chi connectivity index (χ4n) is 4.20. The first kappa shape index (κ1) is 15.6. The standard InChI is InChI=1S/C18H27NO3/c1-4-22-16-13-11-19(3)12-18(14(13)5-6-15(16)20)9-7-17(2,21)8-10-18/h5-6,20-21H,4,7-12H2,1-3H3. The summed E-state index contributed by atoms with van der Waals surface area (Å²) in [7, 11) is 2.12. The van der Waals surface area contributed by atoms with E-state index >= 15 is 0 Å². The van der Waals surface area contributed by atoms with Crippen LogP contribution < -0.4 is 4.74 Å². The summed E-state index contributed by atoms with van der Waals surface area (Å²) in [5.74, 6) is 0.872. The highest BCUT2D eigenvalue weighted by Gasteiger charge is 2.45. The first-order chi connectivity index (χ1) is 10.4. The number of aliphatic hydroxyl groups is 1. The lowest BCUT2D eigenvalue weighted by Gasteiger charge is -2.49. The van der Waals surface area contributed by atoms with Crippen LogP contribution in [-0.2, 0) is 12.0 Å². The average molecular weight is 305 g/mol. The van der Waals surface area contributed by atoms with Crippen LogP contribution in [0.5, 0.6) is 11.5 Å². The van der Waals surface area contributed by atoms with Crippen molar-refractivity contribution in [3.63, 3.8) is 0 Å². The summed E-state index contributed by atoms with van der Waals surface area (Å²) in [6, 6.07) is 3.84. The van der Waals surface area contributed by atoms with Crippen molar-refractivity contribution in [3.8, 4) is 11.5 Å². The molecule has 122 valence electrons. The lowest BCUT2D eigenvalue weighted by Crippen LogP contribution is -2.49. The summed E-state index contributed by atoms with van der Waals surface area (Å²) < 4.78 is 5.73. The minimum absolute atomic E-state index is 0.0735. The van der Waals surface area contributed by atoms with Gasteiger partial charge in [0.1, 0.15) is 0 Å². The highest BCUT2D eigenvalue weighted by Crippen LogP contribution is 2.50. The molecule has 4 nitrogen and oxygen atoms in total. The molecule has 1 aromatic rings. The summed E-state index contributed by atoms with van der Waals surface area (Å²) in [5.41, 5.74) is 1.96.